The third-order valence-electron chi connectivity index (χ3n) is 5.45. The Morgan fingerprint density at radius 2 is 1.21 bits per heavy atom. The number of allylic oxidation sites excluding steroid dienone is 1. The first kappa shape index (κ1) is 17.4. The van der Waals surface area contributed by atoms with Crippen molar-refractivity contribution in [3.63, 3.8) is 0 Å². The largest absolute Gasteiger partial charge is 0.303 e. The Balaban J connectivity index is 2.07. The molecule has 4 aromatic carbocycles. The van der Waals surface area contributed by atoms with Gasteiger partial charge in [-0.15, -0.1) is 0 Å². The Kier molecular flexibility index (Phi) is 4.25. The molecule has 0 atom stereocenters. The second-order valence-corrected chi connectivity index (χ2v) is 7.24. The molecule has 0 amide bonds. The van der Waals surface area contributed by atoms with Gasteiger partial charge >= 0.3 is 0 Å². The van der Waals surface area contributed by atoms with E-state index in [1.54, 1.807) is 0 Å². The van der Waals surface area contributed by atoms with Crippen LogP contribution in [-0.4, -0.2) is 9.55 Å². The fourth-order valence-electron chi connectivity index (χ4n) is 4.26. The molecule has 2 nitrogen and oxygen atoms in total. The molecule has 140 valence electrons. The Morgan fingerprint density at radius 1 is 0.690 bits per heavy atom. The zero-order valence-electron chi connectivity index (χ0n) is 16.6. The molecule has 0 N–H and O–H groups in total. The van der Waals surface area contributed by atoms with Crippen molar-refractivity contribution in [3.05, 3.63) is 96.8 Å². The quantitative estimate of drug-likeness (QED) is 0.323. The smallest absolute Gasteiger partial charge is 0.110 e. The maximum atomic E-state index is 5.06. The van der Waals surface area contributed by atoms with Crippen LogP contribution < -0.4 is 0 Å². The lowest BCUT2D eigenvalue weighted by atomic mass is 9.90. The van der Waals surface area contributed by atoms with Gasteiger partial charge in [-0.3, -0.25) is 0 Å². The molecular weight excluding hydrogens is 352 g/mol. The minimum absolute atomic E-state index is 0.989. The van der Waals surface area contributed by atoms with Gasteiger partial charge in [0.1, 0.15) is 5.82 Å². The van der Waals surface area contributed by atoms with Crippen LogP contribution in [0.3, 0.4) is 0 Å². The van der Waals surface area contributed by atoms with E-state index in [4.69, 9.17) is 4.98 Å². The normalized spacial score (nSPS) is 11.7. The van der Waals surface area contributed by atoms with Crippen molar-refractivity contribution in [1.29, 1.82) is 0 Å². The first-order valence-electron chi connectivity index (χ1n) is 9.96. The Morgan fingerprint density at radius 3 is 1.79 bits per heavy atom. The number of imidazole rings is 1. The molecule has 0 unspecified atom stereocenters. The second-order valence-electron chi connectivity index (χ2n) is 7.24. The van der Waals surface area contributed by atoms with Crippen LogP contribution in [-0.2, 0) is 0 Å². The fraction of sp³-hybridized carbons (Fsp3) is 0.0741. The van der Waals surface area contributed by atoms with Gasteiger partial charge < -0.3 is 4.57 Å². The van der Waals surface area contributed by atoms with Gasteiger partial charge in [0.15, 0.2) is 0 Å². The number of hydrogen-bond acceptors (Lipinski definition) is 1. The topological polar surface area (TPSA) is 17.8 Å². The molecule has 0 aliphatic rings. The summed E-state index contributed by atoms with van der Waals surface area (Å²) in [5.41, 5.74) is 7.03. The molecular formula is C27H22N2. The summed E-state index contributed by atoms with van der Waals surface area (Å²) in [7, 11) is 0. The van der Waals surface area contributed by atoms with Gasteiger partial charge in [-0.05, 0) is 35.7 Å². The summed E-state index contributed by atoms with van der Waals surface area (Å²) >= 11 is 0. The number of fused-ring (bicyclic) bond motifs is 2. The molecule has 0 bridgehead atoms. The van der Waals surface area contributed by atoms with E-state index in [0.29, 0.717) is 0 Å². The van der Waals surface area contributed by atoms with Crippen LogP contribution in [0.5, 0.6) is 0 Å². The number of hydrogen-bond donors (Lipinski definition) is 0. The third kappa shape index (κ3) is 2.76. The molecule has 2 heteroatoms. The molecule has 0 aliphatic carbocycles. The van der Waals surface area contributed by atoms with Crippen LogP contribution in [0, 0.1) is 6.92 Å². The van der Waals surface area contributed by atoms with Crippen LogP contribution in [0.15, 0.2) is 91.0 Å². The van der Waals surface area contributed by atoms with Crippen LogP contribution in [0.25, 0.3) is 50.3 Å². The van der Waals surface area contributed by atoms with Gasteiger partial charge in [-0.1, -0.05) is 91.0 Å². The zero-order valence-corrected chi connectivity index (χ0v) is 16.6. The molecule has 1 heterocycles. The molecule has 0 radical (unpaired) electrons. The number of benzene rings is 4. The Labute approximate surface area is 170 Å². The molecule has 0 saturated carbocycles. The van der Waals surface area contributed by atoms with E-state index in [1.165, 1.54) is 33.0 Å². The summed E-state index contributed by atoms with van der Waals surface area (Å²) < 4.78 is 2.22. The highest BCUT2D eigenvalue weighted by Crippen LogP contribution is 2.43. The average molecular weight is 374 g/mol. The van der Waals surface area contributed by atoms with Crippen molar-refractivity contribution >= 4 is 28.0 Å². The van der Waals surface area contributed by atoms with Crippen LogP contribution >= 0.6 is 0 Å². The number of nitrogens with zero attached hydrogens (tertiary/aromatic N) is 2. The monoisotopic (exact) mass is 374 g/mol. The summed E-state index contributed by atoms with van der Waals surface area (Å²) in [5, 5.41) is 2.48. The van der Waals surface area contributed by atoms with Crippen molar-refractivity contribution < 1.29 is 0 Å². The van der Waals surface area contributed by atoms with E-state index in [1.807, 2.05) is 6.92 Å². The van der Waals surface area contributed by atoms with Gasteiger partial charge in [0.2, 0.25) is 0 Å². The SMILES string of the molecule is C/C=C\n1c(C)nc2c(-c3ccccc3)c3ccccc3c(-c3ccccc3)c21. The highest BCUT2D eigenvalue weighted by atomic mass is 15.1. The van der Waals surface area contributed by atoms with E-state index in [0.717, 1.165) is 16.9 Å². The summed E-state index contributed by atoms with van der Waals surface area (Å²) in [5.74, 6) is 0.989. The molecule has 5 aromatic rings. The van der Waals surface area contributed by atoms with E-state index >= 15 is 0 Å². The Bertz CT molecular complexity index is 1340. The van der Waals surface area contributed by atoms with Crippen molar-refractivity contribution in [3.8, 4) is 22.3 Å². The first-order valence-corrected chi connectivity index (χ1v) is 9.96. The van der Waals surface area contributed by atoms with Crippen molar-refractivity contribution in [1.82, 2.24) is 9.55 Å². The lowest BCUT2D eigenvalue weighted by Gasteiger charge is -2.15. The number of aryl methyl sites for hydroxylation is 1. The minimum Gasteiger partial charge on any atom is -0.303 e. The molecule has 5 rings (SSSR count). The first-order chi connectivity index (χ1) is 14.3. The summed E-state index contributed by atoms with van der Waals surface area (Å²) in [4.78, 5) is 5.06. The second kappa shape index (κ2) is 7.06. The highest BCUT2D eigenvalue weighted by Gasteiger charge is 2.21. The highest BCUT2D eigenvalue weighted by molar-refractivity contribution is 6.19. The van der Waals surface area contributed by atoms with E-state index in [2.05, 4.69) is 109 Å². The fourth-order valence-corrected chi connectivity index (χ4v) is 4.26. The maximum absolute atomic E-state index is 5.06. The molecule has 0 aliphatic heterocycles. The third-order valence-corrected chi connectivity index (χ3v) is 5.45. The van der Waals surface area contributed by atoms with Crippen molar-refractivity contribution in [2.24, 2.45) is 0 Å². The average Bonchev–Trinajstić information content (AvgIpc) is 3.09. The van der Waals surface area contributed by atoms with E-state index in [9.17, 15) is 0 Å². The molecule has 0 saturated heterocycles. The van der Waals surface area contributed by atoms with Gasteiger partial charge in [-0.2, -0.15) is 0 Å². The van der Waals surface area contributed by atoms with Gasteiger partial charge in [0, 0.05) is 17.3 Å². The number of rotatable bonds is 3. The zero-order chi connectivity index (χ0) is 19.8. The van der Waals surface area contributed by atoms with E-state index < -0.39 is 0 Å². The predicted molar refractivity (Wildman–Crippen MR) is 124 cm³/mol. The standard InChI is InChI=1S/C27H22N2/c1-3-18-29-19(2)28-26-24(20-12-6-4-7-13-20)22-16-10-11-17-23(22)25(27(26)29)21-14-8-5-9-15-21/h3-18H,1-2H3/b18-3-. The van der Waals surface area contributed by atoms with Crippen LogP contribution in [0.1, 0.15) is 12.7 Å². The maximum Gasteiger partial charge on any atom is 0.110 e. The van der Waals surface area contributed by atoms with Crippen LogP contribution in [0.4, 0.5) is 0 Å². The summed E-state index contributed by atoms with van der Waals surface area (Å²) in [6.45, 7) is 4.13. The molecule has 0 spiro atoms. The molecule has 1 aromatic heterocycles. The number of aromatic nitrogens is 2. The van der Waals surface area contributed by atoms with Crippen molar-refractivity contribution in [2.75, 3.05) is 0 Å². The Hall–Kier alpha value is -3.65. The van der Waals surface area contributed by atoms with Gasteiger partial charge in [-0.25, -0.2) is 4.98 Å². The van der Waals surface area contributed by atoms with Crippen molar-refractivity contribution in [2.45, 2.75) is 13.8 Å². The van der Waals surface area contributed by atoms with Crippen LogP contribution in [0.2, 0.25) is 0 Å². The predicted octanol–water partition coefficient (Wildman–Crippen LogP) is 7.32. The summed E-state index contributed by atoms with van der Waals surface area (Å²) in [6.07, 6.45) is 4.18. The van der Waals surface area contributed by atoms with Gasteiger partial charge in [0.25, 0.3) is 0 Å². The lowest BCUT2D eigenvalue weighted by Crippen LogP contribution is -1.94. The van der Waals surface area contributed by atoms with E-state index in [-0.39, 0.29) is 0 Å². The lowest BCUT2D eigenvalue weighted by molar-refractivity contribution is 1.05. The molecule has 29 heavy (non-hydrogen) atoms. The summed E-state index contributed by atoms with van der Waals surface area (Å²) in [6, 6.07) is 29.9. The molecule has 0 fully saturated rings. The van der Waals surface area contributed by atoms with Gasteiger partial charge in [0.05, 0.1) is 11.0 Å². The minimum atomic E-state index is 0.989.